The van der Waals surface area contributed by atoms with E-state index in [1.807, 2.05) is 18.2 Å². The number of benzene rings is 1. The van der Waals surface area contributed by atoms with Crippen molar-refractivity contribution < 1.29 is 14.3 Å². The molecule has 0 spiro atoms. The number of nitrogens with zero attached hydrogens (tertiary/aromatic N) is 1. The Hall–Kier alpha value is -1.81. The van der Waals surface area contributed by atoms with E-state index in [0.717, 1.165) is 5.56 Å². The normalized spacial score (nSPS) is 25.1. The van der Waals surface area contributed by atoms with Gasteiger partial charge in [-0.05, 0) is 17.7 Å². The molecule has 0 unspecified atom stereocenters. The summed E-state index contributed by atoms with van der Waals surface area (Å²) in [4.78, 5) is 25.0. The molecule has 4 nitrogen and oxygen atoms in total. The van der Waals surface area contributed by atoms with E-state index in [9.17, 15) is 9.59 Å². The molecule has 2 aliphatic rings. The van der Waals surface area contributed by atoms with Crippen LogP contribution in [0.25, 0.3) is 6.08 Å². The molecule has 0 aliphatic carbocycles. The van der Waals surface area contributed by atoms with E-state index in [0.29, 0.717) is 18.0 Å². The molecule has 19 heavy (non-hydrogen) atoms. The number of morpholine rings is 1. The highest BCUT2D eigenvalue weighted by molar-refractivity contribution is 6.32. The zero-order chi connectivity index (χ0) is 13.4. The maximum atomic E-state index is 12.1. The van der Waals surface area contributed by atoms with Crippen LogP contribution in [-0.2, 0) is 14.3 Å². The largest absolute Gasteiger partial charge is 0.459 e. The highest BCUT2D eigenvalue weighted by Crippen LogP contribution is 2.29. The summed E-state index contributed by atoms with van der Waals surface area (Å²) in [6, 6.07) is 6.87. The van der Waals surface area contributed by atoms with Crippen LogP contribution in [0.4, 0.5) is 0 Å². The number of hydrogen-bond donors (Lipinski definition) is 0. The second-order valence-electron chi connectivity index (χ2n) is 4.66. The number of fused-ring (bicyclic) bond motifs is 2. The van der Waals surface area contributed by atoms with Gasteiger partial charge in [0, 0.05) is 17.5 Å². The summed E-state index contributed by atoms with van der Waals surface area (Å²) in [5.74, 6) is -0.472. The van der Waals surface area contributed by atoms with Gasteiger partial charge in [-0.3, -0.25) is 4.79 Å². The van der Waals surface area contributed by atoms with E-state index in [4.69, 9.17) is 16.3 Å². The molecule has 0 aromatic heterocycles. The maximum absolute atomic E-state index is 12.1. The Bertz CT molecular complexity index is 570. The molecule has 1 amide bonds. The van der Waals surface area contributed by atoms with Crippen LogP contribution in [-0.4, -0.2) is 35.5 Å². The first kappa shape index (κ1) is 12.2. The first-order valence-corrected chi connectivity index (χ1v) is 6.46. The average molecular weight is 278 g/mol. The van der Waals surface area contributed by atoms with Crippen LogP contribution < -0.4 is 0 Å². The smallest absolute Gasteiger partial charge is 0.329 e. The molecule has 2 fully saturated rings. The standard InChI is InChI=1S/C14H12ClNO3/c15-11-4-2-1-3-9(11)5-6-13(17)16-8-10-7-12(16)14(18)19-10/h1-6,10,12H,7-8H2/b6-5+/t10-,12+/m0/s1. The van der Waals surface area contributed by atoms with Crippen molar-refractivity contribution in [3.05, 3.63) is 40.9 Å². The van der Waals surface area contributed by atoms with Gasteiger partial charge in [-0.25, -0.2) is 4.79 Å². The zero-order valence-electron chi connectivity index (χ0n) is 10.1. The molecule has 0 N–H and O–H groups in total. The van der Waals surface area contributed by atoms with Gasteiger partial charge < -0.3 is 9.64 Å². The summed E-state index contributed by atoms with van der Waals surface area (Å²) in [6.07, 6.45) is 3.61. The highest BCUT2D eigenvalue weighted by atomic mass is 35.5. The summed E-state index contributed by atoms with van der Waals surface area (Å²) in [5.41, 5.74) is 0.782. The summed E-state index contributed by atoms with van der Waals surface area (Å²) in [7, 11) is 0. The molecule has 1 aromatic carbocycles. The molecule has 2 aliphatic heterocycles. The van der Waals surface area contributed by atoms with Crippen LogP contribution in [0.1, 0.15) is 12.0 Å². The topological polar surface area (TPSA) is 46.6 Å². The predicted octanol–water partition coefficient (Wildman–Crippen LogP) is 1.88. The molecule has 1 aromatic rings. The third-order valence-electron chi connectivity index (χ3n) is 3.41. The first-order chi connectivity index (χ1) is 9.15. The number of carbonyl (C=O) groups is 2. The number of carbonyl (C=O) groups excluding carboxylic acids is 2. The van der Waals surface area contributed by atoms with Gasteiger partial charge in [0.15, 0.2) is 0 Å². The molecule has 5 heteroatoms. The fourth-order valence-corrected chi connectivity index (χ4v) is 2.66. The Kier molecular flexibility index (Phi) is 3.03. The molecule has 2 saturated heterocycles. The van der Waals surface area contributed by atoms with Crippen LogP contribution in [0, 0.1) is 0 Å². The Morgan fingerprint density at radius 3 is 2.89 bits per heavy atom. The molecule has 2 atom stereocenters. The number of amides is 1. The third kappa shape index (κ3) is 2.24. The number of ether oxygens (including phenoxy) is 1. The lowest BCUT2D eigenvalue weighted by atomic mass is 10.2. The van der Waals surface area contributed by atoms with Gasteiger partial charge in [0.2, 0.25) is 5.91 Å². The molecule has 3 rings (SSSR count). The fourth-order valence-electron chi connectivity index (χ4n) is 2.46. The fraction of sp³-hybridized carbons (Fsp3) is 0.286. The number of likely N-dealkylation sites (tertiary alicyclic amines) is 1. The zero-order valence-corrected chi connectivity index (χ0v) is 10.8. The van der Waals surface area contributed by atoms with Gasteiger partial charge in [0.1, 0.15) is 12.1 Å². The van der Waals surface area contributed by atoms with E-state index >= 15 is 0 Å². The van der Waals surface area contributed by atoms with E-state index in [1.165, 1.54) is 6.08 Å². The summed E-state index contributed by atoms with van der Waals surface area (Å²) in [5, 5.41) is 0.592. The minimum Gasteiger partial charge on any atom is -0.459 e. The first-order valence-electron chi connectivity index (χ1n) is 6.09. The third-order valence-corrected chi connectivity index (χ3v) is 3.76. The molecule has 98 valence electrons. The van der Waals surface area contributed by atoms with Crippen molar-refractivity contribution in [2.75, 3.05) is 6.54 Å². The molecule has 0 radical (unpaired) electrons. The van der Waals surface area contributed by atoms with Gasteiger partial charge in [0.05, 0.1) is 6.54 Å². The number of halogens is 1. The number of esters is 1. The van der Waals surface area contributed by atoms with E-state index in [-0.39, 0.29) is 18.0 Å². The van der Waals surface area contributed by atoms with Crippen LogP contribution in [0.15, 0.2) is 30.3 Å². The Labute approximate surface area is 115 Å². The van der Waals surface area contributed by atoms with E-state index < -0.39 is 6.04 Å². The van der Waals surface area contributed by atoms with Crippen LogP contribution in [0.3, 0.4) is 0 Å². The van der Waals surface area contributed by atoms with Crippen molar-refractivity contribution >= 4 is 29.6 Å². The summed E-state index contributed by atoms with van der Waals surface area (Å²) < 4.78 is 5.04. The predicted molar refractivity (Wildman–Crippen MR) is 70.5 cm³/mol. The lowest BCUT2D eigenvalue weighted by molar-refractivity contribution is -0.155. The van der Waals surface area contributed by atoms with Crippen molar-refractivity contribution in [2.45, 2.75) is 18.6 Å². The summed E-state index contributed by atoms with van der Waals surface area (Å²) >= 11 is 6.00. The monoisotopic (exact) mass is 277 g/mol. The van der Waals surface area contributed by atoms with Crippen molar-refractivity contribution in [1.82, 2.24) is 4.90 Å². The number of rotatable bonds is 2. The molecular weight excluding hydrogens is 266 g/mol. The maximum Gasteiger partial charge on any atom is 0.329 e. The van der Waals surface area contributed by atoms with Gasteiger partial charge in [-0.1, -0.05) is 29.8 Å². The average Bonchev–Trinajstić information content (AvgIpc) is 2.96. The molecule has 2 bridgehead atoms. The lowest BCUT2D eigenvalue weighted by Gasteiger charge is -2.24. The lowest BCUT2D eigenvalue weighted by Crippen LogP contribution is -2.43. The Morgan fingerprint density at radius 2 is 2.21 bits per heavy atom. The highest BCUT2D eigenvalue weighted by Gasteiger charge is 2.47. The summed E-state index contributed by atoms with van der Waals surface area (Å²) in [6.45, 7) is 0.488. The van der Waals surface area contributed by atoms with Crippen molar-refractivity contribution in [1.29, 1.82) is 0 Å². The quantitative estimate of drug-likeness (QED) is 0.612. The van der Waals surface area contributed by atoms with Crippen LogP contribution in [0.5, 0.6) is 0 Å². The van der Waals surface area contributed by atoms with Gasteiger partial charge in [-0.15, -0.1) is 0 Å². The minimum atomic E-state index is -0.409. The minimum absolute atomic E-state index is 0.129. The Balaban J connectivity index is 1.73. The van der Waals surface area contributed by atoms with Crippen molar-refractivity contribution in [2.24, 2.45) is 0 Å². The van der Waals surface area contributed by atoms with Gasteiger partial charge >= 0.3 is 5.97 Å². The van der Waals surface area contributed by atoms with E-state index in [1.54, 1.807) is 17.0 Å². The second-order valence-corrected chi connectivity index (χ2v) is 5.06. The van der Waals surface area contributed by atoms with Gasteiger partial charge in [-0.2, -0.15) is 0 Å². The molecule has 2 heterocycles. The molecular formula is C14H12ClNO3. The molecule has 0 saturated carbocycles. The second kappa shape index (κ2) is 4.70. The van der Waals surface area contributed by atoms with E-state index in [2.05, 4.69) is 0 Å². The van der Waals surface area contributed by atoms with Crippen molar-refractivity contribution in [3.8, 4) is 0 Å². The number of hydrogen-bond acceptors (Lipinski definition) is 3. The van der Waals surface area contributed by atoms with Crippen LogP contribution >= 0.6 is 11.6 Å². The van der Waals surface area contributed by atoms with Gasteiger partial charge in [0.25, 0.3) is 0 Å². The van der Waals surface area contributed by atoms with Crippen LogP contribution in [0.2, 0.25) is 5.02 Å². The Morgan fingerprint density at radius 1 is 1.42 bits per heavy atom. The van der Waals surface area contributed by atoms with Crippen molar-refractivity contribution in [3.63, 3.8) is 0 Å². The SMILES string of the molecule is O=C1O[C@H]2C[C@H]1N(C(=O)/C=C/c1ccccc1Cl)C2.